The second-order valence-corrected chi connectivity index (χ2v) is 2.28. The molecule has 0 heterocycles. The fraction of sp³-hybridized carbons (Fsp3) is 0.667. The molecule has 0 spiro atoms. The summed E-state index contributed by atoms with van der Waals surface area (Å²) >= 11 is 0. The minimum atomic E-state index is 0. The van der Waals surface area contributed by atoms with Gasteiger partial charge in [0.2, 0.25) is 0 Å². The van der Waals surface area contributed by atoms with Crippen LogP contribution in [0.3, 0.4) is 0 Å². The predicted molar refractivity (Wildman–Crippen MR) is 42.7 cm³/mol. The molecule has 0 rings (SSSR count). The normalized spacial score (nSPS) is 8.18. The Morgan fingerprint density at radius 1 is 0.909 bits per heavy atom. The summed E-state index contributed by atoms with van der Waals surface area (Å²) in [7, 11) is 0. The summed E-state index contributed by atoms with van der Waals surface area (Å²) in [6, 6.07) is 0. The molecule has 0 unspecified atom stereocenters. The zero-order valence-electron chi connectivity index (χ0n) is 7.39. The molecule has 0 aromatic heterocycles. The predicted octanol–water partition coefficient (Wildman–Crippen LogP) is 3.19. The van der Waals surface area contributed by atoms with E-state index in [4.69, 9.17) is 0 Å². The number of rotatable bonds is 6. The zero-order valence-corrected chi connectivity index (χ0v) is 13.1. The summed E-state index contributed by atoms with van der Waals surface area (Å²) in [5, 5.41) is 0. The average Bonchev–Trinajstić information content (AvgIpc) is 1.89. The summed E-state index contributed by atoms with van der Waals surface area (Å²) in [6.07, 6.45) is 9.46. The van der Waals surface area contributed by atoms with E-state index in [1.807, 2.05) is 0 Å². The molecule has 2 heteroatoms. The minimum absolute atomic E-state index is 0. The quantitative estimate of drug-likeness (QED) is 0.522. The molecule has 0 saturated carbocycles. The molecule has 59 valence electrons. The van der Waals surface area contributed by atoms with Crippen LogP contribution >= 0.6 is 0 Å². The van der Waals surface area contributed by atoms with Crippen LogP contribution in [0.4, 0.5) is 0 Å². The Kier molecular flexibility index (Phi) is 31.1. The second kappa shape index (κ2) is 18.1. The average molecular weight is 303 g/mol. The van der Waals surface area contributed by atoms with Crippen LogP contribution in [0, 0.1) is 20.3 Å². The van der Waals surface area contributed by atoms with Gasteiger partial charge in [0.1, 0.15) is 0 Å². The summed E-state index contributed by atoms with van der Waals surface area (Å²) in [4.78, 5) is 0. The van der Waals surface area contributed by atoms with Gasteiger partial charge in [-0.2, -0.15) is 25.7 Å². The molecule has 0 bridgehead atoms. The van der Waals surface area contributed by atoms with Crippen LogP contribution < -0.4 is 0 Å². The van der Waals surface area contributed by atoms with Gasteiger partial charge < -0.3 is 20.3 Å². The van der Waals surface area contributed by atoms with Gasteiger partial charge in [-0.3, -0.25) is 0 Å². The van der Waals surface area contributed by atoms with Gasteiger partial charge in [-0.15, -0.1) is 12.8 Å². The first kappa shape index (κ1) is 18.9. The SMILES string of the molecule is [CH2-]CCC[CH-]CCC[CH2-].[Y+3].[Y]. The Morgan fingerprint density at radius 3 is 1.55 bits per heavy atom. The van der Waals surface area contributed by atoms with E-state index >= 15 is 0 Å². The number of hydrogen-bond acceptors (Lipinski definition) is 0. The first-order valence-electron chi connectivity index (χ1n) is 3.82. The first-order valence-corrected chi connectivity index (χ1v) is 3.82. The summed E-state index contributed by atoms with van der Waals surface area (Å²) < 4.78 is 0. The summed E-state index contributed by atoms with van der Waals surface area (Å²) in [5.74, 6) is 0. The van der Waals surface area contributed by atoms with Crippen LogP contribution in [0.5, 0.6) is 0 Å². The fourth-order valence-corrected chi connectivity index (χ4v) is 0.722. The van der Waals surface area contributed by atoms with Gasteiger partial charge in [-0.25, -0.2) is 0 Å². The monoisotopic (exact) mass is 303 g/mol. The van der Waals surface area contributed by atoms with Crippen LogP contribution in [-0.4, -0.2) is 0 Å². The Balaban J connectivity index is -0.000000320. The first-order chi connectivity index (χ1) is 4.41. The van der Waals surface area contributed by atoms with Crippen molar-refractivity contribution in [2.24, 2.45) is 0 Å². The fourth-order valence-electron chi connectivity index (χ4n) is 0.722. The van der Waals surface area contributed by atoms with Crippen molar-refractivity contribution >= 4 is 0 Å². The van der Waals surface area contributed by atoms with Crippen LogP contribution in [0.2, 0.25) is 0 Å². The van der Waals surface area contributed by atoms with E-state index in [0.717, 1.165) is 12.8 Å². The molecule has 0 N–H and O–H groups in total. The molecule has 0 fully saturated rings. The minimum Gasteiger partial charge on any atom is -0.343 e. The molecular formula is C9H17Y2. The van der Waals surface area contributed by atoms with E-state index in [1.165, 1.54) is 25.7 Å². The zero-order chi connectivity index (χ0) is 6.95. The smallest absolute Gasteiger partial charge is 0.343 e. The van der Waals surface area contributed by atoms with Crippen LogP contribution in [0.1, 0.15) is 38.5 Å². The van der Waals surface area contributed by atoms with Crippen molar-refractivity contribution in [3.63, 3.8) is 0 Å². The van der Waals surface area contributed by atoms with E-state index < -0.39 is 0 Å². The van der Waals surface area contributed by atoms with Crippen molar-refractivity contribution in [3.8, 4) is 0 Å². The van der Waals surface area contributed by atoms with Crippen molar-refractivity contribution in [2.75, 3.05) is 0 Å². The van der Waals surface area contributed by atoms with Crippen LogP contribution in [-0.2, 0) is 65.4 Å². The molecule has 1 radical (unpaired) electrons. The third-order valence-electron chi connectivity index (χ3n) is 1.32. The molecule has 0 saturated heterocycles. The van der Waals surface area contributed by atoms with Crippen molar-refractivity contribution in [1.82, 2.24) is 0 Å². The van der Waals surface area contributed by atoms with E-state index in [0.29, 0.717) is 0 Å². The van der Waals surface area contributed by atoms with E-state index in [2.05, 4.69) is 20.3 Å². The molecule has 0 amide bonds. The maximum Gasteiger partial charge on any atom is 3.00 e. The summed E-state index contributed by atoms with van der Waals surface area (Å²) in [5.41, 5.74) is 0. The van der Waals surface area contributed by atoms with Crippen molar-refractivity contribution in [3.05, 3.63) is 20.3 Å². The van der Waals surface area contributed by atoms with E-state index in [9.17, 15) is 0 Å². The van der Waals surface area contributed by atoms with Gasteiger partial charge >= 0.3 is 32.7 Å². The van der Waals surface area contributed by atoms with Gasteiger partial charge in [-0.1, -0.05) is 0 Å². The molecule has 0 nitrogen and oxygen atoms in total. The van der Waals surface area contributed by atoms with Crippen molar-refractivity contribution < 1.29 is 65.4 Å². The number of unbranched alkanes of at least 4 members (excludes halogenated alkanes) is 6. The van der Waals surface area contributed by atoms with Gasteiger partial charge in [0.15, 0.2) is 0 Å². The van der Waals surface area contributed by atoms with Crippen molar-refractivity contribution in [2.45, 2.75) is 38.5 Å². The Labute approximate surface area is 122 Å². The van der Waals surface area contributed by atoms with E-state index in [1.54, 1.807) is 0 Å². The Morgan fingerprint density at radius 2 is 1.27 bits per heavy atom. The van der Waals surface area contributed by atoms with Gasteiger partial charge in [0.25, 0.3) is 0 Å². The summed E-state index contributed by atoms with van der Waals surface area (Å²) in [6.45, 7) is 7.54. The van der Waals surface area contributed by atoms with E-state index in [-0.39, 0.29) is 65.4 Å². The second-order valence-electron chi connectivity index (χ2n) is 2.28. The molecular weight excluding hydrogens is 286 g/mol. The molecule has 0 aromatic rings. The van der Waals surface area contributed by atoms with Crippen LogP contribution in [0.15, 0.2) is 0 Å². The molecule has 0 aromatic carbocycles. The van der Waals surface area contributed by atoms with Crippen molar-refractivity contribution in [1.29, 1.82) is 0 Å². The maximum atomic E-state index is 3.77. The maximum absolute atomic E-state index is 3.77. The third-order valence-corrected chi connectivity index (χ3v) is 1.32. The van der Waals surface area contributed by atoms with Gasteiger partial charge in [-0.05, 0) is 0 Å². The van der Waals surface area contributed by atoms with Crippen LogP contribution in [0.25, 0.3) is 0 Å². The molecule has 0 atom stereocenters. The Bertz CT molecular complexity index is 40.8. The molecule has 0 aliphatic carbocycles. The molecule has 0 aliphatic rings. The Hall–Kier alpha value is 2.21. The van der Waals surface area contributed by atoms with Gasteiger partial charge in [0.05, 0.1) is 0 Å². The third kappa shape index (κ3) is 18.9. The number of hydrogen-bond donors (Lipinski definition) is 0. The molecule has 11 heavy (non-hydrogen) atoms. The largest absolute Gasteiger partial charge is 3.00 e. The van der Waals surface area contributed by atoms with Gasteiger partial charge in [0, 0.05) is 32.7 Å². The topological polar surface area (TPSA) is 0 Å². The standard InChI is InChI=1S/C9H17.2Y/c1-3-5-7-9-8-6-4-2;;/h9H,1-8H2;;/q-3;;+3. The molecule has 0 aliphatic heterocycles.